The quantitative estimate of drug-likeness (QED) is 0.790. The van der Waals surface area contributed by atoms with Crippen molar-refractivity contribution in [3.05, 3.63) is 5.69 Å². The molecule has 17 heavy (non-hydrogen) atoms. The van der Waals surface area contributed by atoms with Crippen LogP contribution in [0.25, 0.3) is 0 Å². The molecule has 1 heterocycles. The van der Waals surface area contributed by atoms with E-state index in [0.717, 1.165) is 36.7 Å². The monoisotopic (exact) mass is 239 g/mol. The zero-order valence-electron chi connectivity index (χ0n) is 11.6. The van der Waals surface area contributed by atoms with Crippen molar-refractivity contribution in [3.63, 3.8) is 0 Å². The number of nitrogens with zero attached hydrogens (tertiary/aromatic N) is 3. The van der Waals surface area contributed by atoms with E-state index >= 15 is 0 Å². The molecule has 1 rings (SSSR count). The van der Waals surface area contributed by atoms with Crippen LogP contribution in [0.1, 0.15) is 26.0 Å². The first-order chi connectivity index (χ1) is 7.97. The van der Waals surface area contributed by atoms with E-state index in [1.807, 2.05) is 11.6 Å². The van der Waals surface area contributed by atoms with Crippen molar-refractivity contribution in [1.82, 2.24) is 14.7 Å². The Morgan fingerprint density at radius 1 is 1.47 bits per heavy atom. The van der Waals surface area contributed by atoms with Gasteiger partial charge in [0.15, 0.2) is 0 Å². The lowest BCUT2D eigenvalue weighted by atomic mass is 10.3. The number of hydrogen-bond donors (Lipinski definition) is 2. The van der Waals surface area contributed by atoms with E-state index in [1.54, 1.807) is 0 Å². The summed E-state index contributed by atoms with van der Waals surface area (Å²) < 4.78 is 1.97. The Bertz CT molecular complexity index is 356. The lowest BCUT2D eigenvalue weighted by Gasteiger charge is -2.21. The molecule has 0 bridgehead atoms. The Balaban J connectivity index is 2.75. The molecule has 0 aliphatic carbocycles. The Morgan fingerprint density at radius 3 is 2.65 bits per heavy atom. The predicted octanol–water partition coefficient (Wildman–Crippen LogP) is 1.55. The van der Waals surface area contributed by atoms with E-state index < -0.39 is 0 Å². The van der Waals surface area contributed by atoms with Crippen LogP contribution in [-0.2, 0) is 6.54 Å². The molecular weight excluding hydrogens is 214 g/mol. The average Bonchev–Trinajstić information content (AvgIpc) is 2.52. The van der Waals surface area contributed by atoms with Gasteiger partial charge in [0.1, 0.15) is 5.82 Å². The minimum atomic E-state index is 0.458. The molecule has 1 aromatic rings. The molecule has 1 unspecified atom stereocenters. The van der Waals surface area contributed by atoms with Crippen LogP contribution in [-0.4, -0.2) is 41.4 Å². The lowest BCUT2D eigenvalue weighted by molar-refractivity contribution is 0.325. The topological polar surface area (TPSA) is 59.1 Å². The van der Waals surface area contributed by atoms with Gasteiger partial charge >= 0.3 is 0 Å². The van der Waals surface area contributed by atoms with E-state index in [-0.39, 0.29) is 0 Å². The van der Waals surface area contributed by atoms with E-state index in [2.05, 4.69) is 43.3 Å². The number of nitrogen functional groups attached to an aromatic ring is 1. The molecule has 0 fully saturated rings. The summed E-state index contributed by atoms with van der Waals surface area (Å²) in [6.45, 7) is 8.03. The average molecular weight is 239 g/mol. The molecule has 5 nitrogen and oxygen atoms in total. The Labute approximate surface area is 104 Å². The third-order valence-corrected chi connectivity index (χ3v) is 3.06. The zero-order valence-corrected chi connectivity index (χ0v) is 11.6. The van der Waals surface area contributed by atoms with Crippen molar-refractivity contribution >= 4 is 11.5 Å². The van der Waals surface area contributed by atoms with E-state index in [1.165, 1.54) is 0 Å². The van der Waals surface area contributed by atoms with Gasteiger partial charge in [-0.1, -0.05) is 6.92 Å². The number of hydrogen-bond acceptors (Lipinski definition) is 4. The number of aromatic nitrogens is 2. The minimum absolute atomic E-state index is 0.458. The maximum Gasteiger partial charge on any atom is 0.148 e. The highest BCUT2D eigenvalue weighted by atomic mass is 15.3. The van der Waals surface area contributed by atoms with Gasteiger partial charge in [-0.2, -0.15) is 5.10 Å². The van der Waals surface area contributed by atoms with Crippen LogP contribution < -0.4 is 11.1 Å². The van der Waals surface area contributed by atoms with Crippen LogP contribution in [0.3, 0.4) is 0 Å². The molecule has 0 saturated carbocycles. The van der Waals surface area contributed by atoms with Gasteiger partial charge in [0.05, 0.1) is 11.4 Å². The van der Waals surface area contributed by atoms with Crippen LogP contribution >= 0.6 is 0 Å². The lowest BCUT2D eigenvalue weighted by Crippen LogP contribution is -2.32. The summed E-state index contributed by atoms with van der Waals surface area (Å²) in [5.41, 5.74) is 7.71. The summed E-state index contributed by atoms with van der Waals surface area (Å²) in [6, 6.07) is 0.458. The highest BCUT2D eigenvalue weighted by molar-refractivity contribution is 5.64. The summed E-state index contributed by atoms with van der Waals surface area (Å²) in [5.74, 6) is 0.957. The molecule has 5 heteroatoms. The standard InChI is InChI=1S/C12H25N5/c1-6-7-17-12(11(13)10(3)15-17)14-8-9(2)16(4)5/h9,14H,6-8,13H2,1-5H3. The van der Waals surface area contributed by atoms with Gasteiger partial charge in [0.2, 0.25) is 0 Å². The van der Waals surface area contributed by atoms with Gasteiger partial charge in [0.25, 0.3) is 0 Å². The fraction of sp³-hybridized carbons (Fsp3) is 0.750. The van der Waals surface area contributed by atoms with Crippen molar-refractivity contribution in [1.29, 1.82) is 0 Å². The molecule has 0 spiro atoms. The van der Waals surface area contributed by atoms with E-state index in [4.69, 9.17) is 5.73 Å². The number of likely N-dealkylation sites (N-methyl/N-ethyl adjacent to an activating group) is 1. The maximum atomic E-state index is 6.04. The van der Waals surface area contributed by atoms with Gasteiger partial charge in [-0.25, -0.2) is 4.68 Å². The van der Waals surface area contributed by atoms with Gasteiger partial charge in [-0.3, -0.25) is 0 Å². The number of anilines is 2. The Kier molecular flexibility index (Phi) is 4.81. The number of aryl methyl sites for hydroxylation is 2. The van der Waals surface area contributed by atoms with Crippen molar-refractivity contribution < 1.29 is 0 Å². The molecular formula is C12H25N5. The van der Waals surface area contributed by atoms with Crippen molar-refractivity contribution in [3.8, 4) is 0 Å². The molecule has 3 N–H and O–H groups in total. The first kappa shape index (κ1) is 13.8. The largest absolute Gasteiger partial charge is 0.394 e. The third kappa shape index (κ3) is 3.36. The molecule has 0 saturated heterocycles. The van der Waals surface area contributed by atoms with Gasteiger partial charge in [-0.05, 0) is 34.4 Å². The second-order valence-electron chi connectivity index (χ2n) is 4.76. The zero-order chi connectivity index (χ0) is 13.0. The van der Waals surface area contributed by atoms with Gasteiger partial charge in [-0.15, -0.1) is 0 Å². The first-order valence-electron chi connectivity index (χ1n) is 6.20. The maximum absolute atomic E-state index is 6.04. The smallest absolute Gasteiger partial charge is 0.148 e. The molecule has 98 valence electrons. The van der Waals surface area contributed by atoms with Crippen molar-refractivity contribution in [2.45, 2.75) is 39.8 Å². The summed E-state index contributed by atoms with van der Waals surface area (Å²) in [7, 11) is 4.15. The van der Waals surface area contributed by atoms with E-state index in [9.17, 15) is 0 Å². The summed E-state index contributed by atoms with van der Waals surface area (Å²) in [4.78, 5) is 2.18. The van der Waals surface area contributed by atoms with Gasteiger partial charge in [0, 0.05) is 19.1 Å². The van der Waals surface area contributed by atoms with Crippen molar-refractivity contribution in [2.75, 3.05) is 31.7 Å². The second-order valence-corrected chi connectivity index (χ2v) is 4.76. The summed E-state index contributed by atoms with van der Waals surface area (Å²) >= 11 is 0. The molecule has 0 aromatic carbocycles. The Hall–Kier alpha value is -1.23. The first-order valence-corrected chi connectivity index (χ1v) is 6.20. The molecule has 1 aromatic heterocycles. The van der Waals surface area contributed by atoms with Gasteiger partial charge < -0.3 is 16.0 Å². The number of rotatable bonds is 6. The fourth-order valence-electron chi connectivity index (χ4n) is 1.58. The fourth-order valence-corrected chi connectivity index (χ4v) is 1.58. The molecule has 0 amide bonds. The molecule has 1 atom stereocenters. The summed E-state index contributed by atoms with van der Waals surface area (Å²) in [5, 5.41) is 7.84. The SMILES string of the molecule is CCCn1nc(C)c(N)c1NCC(C)N(C)C. The van der Waals surface area contributed by atoms with Crippen LogP contribution in [0.4, 0.5) is 11.5 Å². The molecule has 0 radical (unpaired) electrons. The minimum Gasteiger partial charge on any atom is -0.394 e. The van der Waals surface area contributed by atoms with Crippen LogP contribution in [0, 0.1) is 6.92 Å². The number of nitrogens with one attached hydrogen (secondary N) is 1. The molecule has 0 aliphatic rings. The van der Waals surface area contributed by atoms with Crippen LogP contribution in [0.5, 0.6) is 0 Å². The van der Waals surface area contributed by atoms with Crippen LogP contribution in [0.2, 0.25) is 0 Å². The van der Waals surface area contributed by atoms with Crippen LogP contribution in [0.15, 0.2) is 0 Å². The molecule has 0 aliphatic heterocycles. The van der Waals surface area contributed by atoms with E-state index in [0.29, 0.717) is 6.04 Å². The predicted molar refractivity (Wildman–Crippen MR) is 73.3 cm³/mol. The highest BCUT2D eigenvalue weighted by Gasteiger charge is 2.13. The Morgan fingerprint density at radius 2 is 2.12 bits per heavy atom. The van der Waals surface area contributed by atoms with Crippen molar-refractivity contribution in [2.24, 2.45) is 0 Å². The highest BCUT2D eigenvalue weighted by Crippen LogP contribution is 2.22. The third-order valence-electron chi connectivity index (χ3n) is 3.06. The number of nitrogens with two attached hydrogens (primary N) is 1. The normalized spacial score (nSPS) is 13.1. The second kappa shape index (κ2) is 5.91. The summed E-state index contributed by atoms with van der Waals surface area (Å²) in [6.07, 6.45) is 1.05.